The van der Waals surface area contributed by atoms with Gasteiger partial charge in [0.05, 0.1) is 16.0 Å². The molecule has 0 unspecified atom stereocenters. The fraction of sp³-hybridized carbons (Fsp3) is 0.111. The van der Waals surface area contributed by atoms with Crippen molar-refractivity contribution in [1.82, 2.24) is 4.98 Å². The predicted molar refractivity (Wildman–Crippen MR) is 130 cm³/mol. The van der Waals surface area contributed by atoms with Crippen LogP contribution in [0.1, 0.15) is 37.0 Å². The molecule has 0 bridgehead atoms. The lowest BCUT2D eigenvalue weighted by Crippen LogP contribution is -2.02. The summed E-state index contributed by atoms with van der Waals surface area (Å²) in [5.41, 5.74) is 4.74. The minimum Gasteiger partial charge on any atom is -0.295 e. The molecule has 3 aromatic carbocycles. The van der Waals surface area contributed by atoms with E-state index in [-0.39, 0.29) is 0 Å². The van der Waals surface area contributed by atoms with E-state index in [0.29, 0.717) is 5.56 Å². The number of fused-ring (bicyclic) bond motifs is 3. The minimum atomic E-state index is -0.790. The third-order valence-electron chi connectivity index (χ3n) is 5.62. The molecule has 4 nitrogen and oxygen atoms in total. The lowest BCUT2D eigenvalue weighted by molar-refractivity contribution is -0.182. The molecule has 158 valence electrons. The summed E-state index contributed by atoms with van der Waals surface area (Å²) in [5, 5.41) is 11.1. The van der Waals surface area contributed by atoms with Crippen LogP contribution in [0, 0.1) is 0 Å². The first-order chi connectivity index (χ1) is 15.9. The Hall–Kier alpha value is -3.54. The van der Waals surface area contributed by atoms with Gasteiger partial charge < -0.3 is 0 Å². The van der Waals surface area contributed by atoms with Crippen LogP contribution >= 0.6 is 11.3 Å². The SMILES string of the molecule is [2H]C(C)(C)c1ccnc(-c2cccc3c2sc2c(C(=O)OO)cc(-c4ccccc4)cc23)c1. The molecule has 0 aliphatic carbocycles. The minimum absolute atomic E-state index is 0.315. The van der Waals surface area contributed by atoms with Gasteiger partial charge in [0, 0.05) is 28.6 Å². The Morgan fingerprint density at radius 1 is 0.969 bits per heavy atom. The maximum absolute atomic E-state index is 12.5. The monoisotopic (exact) mass is 440 g/mol. The highest BCUT2D eigenvalue weighted by Crippen LogP contribution is 2.43. The topological polar surface area (TPSA) is 59.4 Å². The van der Waals surface area contributed by atoms with E-state index in [9.17, 15) is 4.79 Å². The molecule has 5 rings (SSSR count). The lowest BCUT2D eigenvalue weighted by atomic mass is 9.98. The smallest absolute Gasteiger partial charge is 0.295 e. The van der Waals surface area contributed by atoms with Gasteiger partial charge >= 0.3 is 5.97 Å². The van der Waals surface area contributed by atoms with Crippen molar-refractivity contribution in [3.05, 3.63) is 90.1 Å². The number of rotatable bonds is 4. The van der Waals surface area contributed by atoms with Crippen LogP contribution in [0.2, 0.25) is 0 Å². The van der Waals surface area contributed by atoms with Crippen molar-refractivity contribution in [2.45, 2.75) is 19.7 Å². The van der Waals surface area contributed by atoms with Gasteiger partial charge in [-0.3, -0.25) is 9.87 Å². The molecule has 1 N–H and O–H groups in total. The number of pyridine rings is 1. The van der Waals surface area contributed by atoms with E-state index in [4.69, 9.17) is 6.63 Å². The third-order valence-corrected chi connectivity index (χ3v) is 6.91. The van der Waals surface area contributed by atoms with E-state index in [1.165, 1.54) is 11.3 Å². The van der Waals surface area contributed by atoms with Crippen LogP contribution in [0.3, 0.4) is 0 Å². The number of carbonyl (C=O) groups is 1. The van der Waals surface area contributed by atoms with Crippen LogP contribution in [0.4, 0.5) is 0 Å². The van der Waals surface area contributed by atoms with Crippen molar-refractivity contribution in [3.63, 3.8) is 0 Å². The predicted octanol–water partition coefficient (Wildman–Crippen LogP) is 7.54. The molecule has 0 radical (unpaired) electrons. The quantitative estimate of drug-likeness (QED) is 0.232. The molecular formula is C27H21NO3S. The highest BCUT2D eigenvalue weighted by molar-refractivity contribution is 7.26. The van der Waals surface area contributed by atoms with Gasteiger partial charge in [-0.1, -0.05) is 62.4 Å². The summed E-state index contributed by atoms with van der Waals surface area (Å²) >= 11 is 1.47. The summed E-state index contributed by atoms with van der Waals surface area (Å²) < 4.78 is 10.1. The number of thiophene rings is 1. The molecule has 0 atom stereocenters. The molecule has 2 aromatic heterocycles. The zero-order valence-electron chi connectivity index (χ0n) is 18.6. The summed E-state index contributed by atoms with van der Waals surface area (Å²) in [6, 6.07) is 23.4. The van der Waals surface area contributed by atoms with Gasteiger partial charge in [-0.2, -0.15) is 5.26 Å². The van der Waals surface area contributed by atoms with E-state index in [2.05, 4.69) is 15.9 Å². The second-order valence-electron chi connectivity index (χ2n) is 7.86. The Morgan fingerprint density at radius 2 is 1.78 bits per heavy atom. The molecule has 0 spiro atoms. The maximum Gasteiger partial charge on any atom is 0.374 e. The van der Waals surface area contributed by atoms with E-state index in [0.717, 1.165) is 48.1 Å². The highest BCUT2D eigenvalue weighted by atomic mass is 32.1. The van der Waals surface area contributed by atoms with E-state index in [1.54, 1.807) is 12.3 Å². The average molecular weight is 441 g/mol. The van der Waals surface area contributed by atoms with Crippen molar-refractivity contribution >= 4 is 37.5 Å². The van der Waals surface area contributed by atoms with E-state index in [1.807, 2.05) is 74.5 Å². The molecule has 0 fully saturated rings. The Kier molecular flexibility index (Phi) is 4.90. The zero-order chi connectivity index (χ0) is 23.2. The summed E-state index contributed by atoms with van der Waals surface area (Å²) in [4.78, 5) is 21.2. The fourth-order valence-electron chi connectivity index (χ4n) is 3.99. The molecule has 5 heteroatoms. The number of carbonyl (C=O) groups excluding carboxylic acids is 1. The average Bonchev–Trinajstić information content (AvgIpc) is 3.22. The molecule has 32 heavy (non-hydrogen) atoms. The molecule has 5 aromatic rings. The van der Waals surface area contributed by atoms with Crippen molar-refractivity contribution in [2.24, 2.45) is 0 Å². The lowest BCUT2D eigenvalue weighted by Gasteiger charge is -2.08. The first-order valence-electron chi connectivity index (χ1n) is 10.7. The second kappa shape index (κ2) is 8.19. The van der Waals surface area contributed by atoms with Crippen molar-refractivity contribution in [3.8, 4) is 22.4 Å². The number of hydrogen-bond acceptors (Lipinski definition) is 5. The van der Waals surface area contributed by atoms with Gasteiger partial charge in [0.2, 0.25) is 0 Å². The largest absolute Gasteiger partial charge is 0.374 e. The van der Waals surface area contributed by atoms with Crippen molar-refractivity contribution in [2.75, 3.05) is 0 Å². The van der Waals surface area contributed by atoms with Gasteiger partial charge in [-0.25, -0.2) is 4.79 Å². The highest BCUT2D eigenvalue weighted by Gasteiger charge is 2.20. The molecule has 0 saturated heterocycles. The van der Waals surface area contributed by atoms with Gasteiger partial charge in [0.25, 0.3) is 0 Å². The first-order valence-corrected chi connectivity index (χ1v) is 11.1. The fourth-order valence-corrected chi connectivity index (χ4v) is 5.29. The zero-order valence-corrected chi connectivity index (χ0v) is 18.4. The molecule has 2 heterocycles. The Morgan fingerprint density at radius 3 is 2.53 bits per heavy atom. The Balaban J connectivity index is 1.80. The van der Waals surface area contributed by atoms with Gasteiger partial charge in [-0.05, 0) is 46.8 Å². The second-order valence-corrected chi connectivity index (χ2v) is 8.88. The molecule has 0 aliphatic rings. The van der Waals surface area contributed by atoms with Crippen LogP contribution in [0.5, 0.6) is 0 Å². The first kappa shape index (κ1) is 19.2. The summed E-state index contributed by atoms with van der Waals surface area (Å²) in [7, 11) is 0. The van der Waals surface area contributed by atoms with E-state index >= 15 is 0 Å². The molecule has 0 aliphatic heterocycles. The van der Waals surface area contributed by atoms with Crippen molar-refractivity contribution in [1.29, 1.82) is 0 Å². The normalized spacial score (nSPS) is 12.2. The van der Waals surface area contributed by atoms with Crippen LogP contribution in [0.25, 0.3) is 42.6 Å². The Labute approximate surface area is 191 Å². The summed E-state index contributed by atoms with van der Waals surface area (Å²) in [6.45, 7) is 3.70. The van der Waals surface area contributed by atoms with Gasteiger partial charge in [0.1, 0.15) is 0 Å². The standard InChI is InChI=1S/C27H21NO3S/c1-16(2)18-11-12-28-24(15-18)21-10-6-9-20-22-13-19(17-7-4-3-5-8-17)14-23(27(29)31-30)26(22)32-25(20)21/h3-16,30H,1-2H3/i16D. The maximum atomic E-state index is 12.5. The van der Waals surface area contributed by atoms with Crippen LogP contribution < -0.4 is 0 Å². The van der Waals surface area contributed by atoms with Crippen LogP contribution in [-0.2, 0) is 4.89 Å². The molecular weight excluding hydrogens is 418 g/mol. The summed E-state index contributed by atoms with van der Waals surface area (Å²) in [6.07, 6.45) is 1.73. The summed E-state index contributed by atoms with van der Waals surface area (Å²) in [5.74, 6) is -1.53. The Bertz CT molecular complexity index is 1500. The number of benzene rings is 3. The number of hydrogen-bond donors (Lipinski definition) is 1. The van der Waals surface area contributed by atoms with Crippen LogP contribution in [-0.4, -0.2) is 16.2 Å². The third kappa shape index (κ3) is 3.45. The number of nitrogens with zero attached hydrogens (tertiary/aromatic N) is 1. The van der Waals surface area contributed by atoms with Crippen molar-refractivity contribution < 1.29 is 16.3 Å². The number of aromatic nitrogens is 1. The van der Waals surface area contributed by atoms with Gasteiger partial charge in [-0.15, -0.1) is 11.3 Å². The molecule has 0 saturated carbocycles. The molecule has 0 amide bonds. The van der Waals surface area contributed by atoms with Gasteiger partial charge in [0.15, 0.2) is 0 Å². The van der Waals surface area contributed by atoms with E-state index < -0.39 is 11.9 Å². The van der Waals surface area contributed by atoms with Crippen LogP contribution in [0.15, 0.2) is 79.0 Å².